The van der Waals surface area contributed by atoms with Crippen LogP contribution in [-0.2, 0) is 9.59 Å². The van der Waals surface area contributed by atoms with Crippen molar-refractivity contribution in [1.29, 1.82) is 0 Å². The summed E-state index contributed by atoms with van der Waals surface area (Å²) in [7, 11) is 0. The third kappa shape index (κ3) is 2.30. The molecule has 0 bridgehead atoms. The molecule has 0 atom stereocenters. The van der Waals surface area contributed by atoms with E-state index in [1.165, 1.54) is 0 Å². The van der Waals surface area contributed by atoms with Crippen molar-refractivity contribution in [2.45, 2.75) is 24.6 Å². The molecule has 70 valence electrons. The zero-order chi connectivity index (χ0) is 9.83. The quantitative estimate of drug-likeness (QED) is 0.645. The van der Waals surface area contributed by atoms with Crippen molar-refractivity contribution in [3.8, 4) is 0 Å². The van der Waals surface area contributed by atoms with Crippen LogP contribution in [0.1, 0.15) is 12.8 Å². The molecule has 0 saturated heterocycles. The molecule has 0 aromatic heterocycles. The van der Waals surface area contributed by atoms with Crippen molar-refractivity contribution >= 4 is 12.6 Å². The fourth-order valence-corrected chi connectivity index (χ4v) is 0.591. The van der Waals surface area contributed by atoms with Crippen LogP contribution >= 0.6 is 0 Å². The molecular formula is C6H7F3O3. The summed E-state index contributed by atoms with van der Waals surface area (Å²) in [4.78, 5) is 19.5. The lowest BCUT2D eigenvalue weighted by Crippen LogP contribution is -2.45. The van der Waals surface area contributed by atoms with Gasteiger partial charge in [-0.3, -0.25) is 0 Å². The van der Waals surface area contributed by atoms with Crippen LogP contribution in [0.2, 0.25) is 0 Å². The summed E-state index contributed by atoms with van der Waals surface area (Å²) in [5, 5.41) is 8.76. The highest BCUT2D eigenvalue weighted by Crippen LogP contribution is 2.34. The van der Waals surface area contributed by atoms with Crippen molar-refractivity contribution in [2.24, 2.45) is 0 Å². The molecule has 0 aromatic carbocycles. The van der Waals surface area contributed by atoms with Gasteiger partial charge in [-0.05, 0) is 0 Å². The topological polar surface area (TPSA) is 54.4 Å². The second kappa shape index (κ2) is 3.66. The molecule has 0 aromatic rings. The van der Waals surface area contributed by atoms with Gasteiger partial charge in [0.15, 0.2) is 5.60 Å². The Morgan fingerprint density at radius 2 is 1.42 bits per heavy atom. The molecule has 6 heteroatoms. The molecule has 0 amide bonds. The Balaban J connectivity index is 4.59. The van der Waals surface area contributed by atoms with Crippen LogP contribution < -0.4 is 0 Å². The number of carbonyl (C=O) groups excluding carboxylic acids is 2. The number of aliphatic hydroxyl groups is 1. The van der Waals surface area contributed by atoms with Gasteiger partial charge in [0.25, 0.3) is 0 Å². The minimum Gasteiger partial charge on any atom is -0.380 e. The zero-order valence-electron chi connectivity index (χ0n) is 5.97. The standard InChI is InChI=1S/C6H7F3O3/c7-6(8,9)5(12,1-3-10)2-4-11/h3-4,12H,1-2H2. The Labute approximate surface area is 66.2 Å². The van der Waals surface area contributed by atoms with E-state index < -0.39 is 24.6 Å². The van der Waals surface area contributed by atoms with E-state index in [0.29, 0.717) is 0 Å². The number of halogens is 3. The fraction of sp³-hybridized carbons (Fsp3) is 0.667. The van der Waals surface area contributed by atoms with E-state index in [-0.39, 0.29) is 12.6 Å². The van der Waals surface area contributed by atoms with Gasteiger partial charge in [-0.25, -0.2) is 0 Å². The molecule has 0 radical (unpaired) electrons. The highest BCUT2D eigenvalue weighted by atomic mass is 19.4. The average Bonchev–Trinajstić information content (AvgIpc) is 1.86. The lowest BCUT2D eigenvalue weighted by Gasteiger charge is -2.26. The molecule has 0 heterocycles. The van der Waals surface area contributed by atoms with Crippen LogP contribution in [0.5, 0.6) is 0 Å². The number of hydrogen-bond donors (Lipinski definition) is 1. The van der Waals surface area contributed by atoms with E-state index in [0.717, 1.165) is 0 Å². The monoisotopic (exact) mass is 184 g/mol. The number of carbonyl (C=O) groups is 2. The third-order valence-electron chi connectivity index (χ3n) is 1.37. The third-order valence-corrected chi connectivity index (χ3v) is 1.37. The smallest absolute Gasteiger partial charge is 0.380 e. The molecule has 0 aliphatic heterocycles. The molecule has 0 aliphatic rings. The van der Waals surface area contributed by atoms with Gasteiger partial charge < -0.3 is 14.7 Å². The average molecular weight is 184 g/mol. The van der Waals surface area contributed by atoms with Gasteiger partial charge in [-0.1, -0.05) is 0 Å². The largest absolute Gasteiger partial charge is 0.418 e. The number of rotatable bonds is 4. The Bertz CT molecular complexity index is 165. The van der Waals surface area contributed by atoms with E-state index in [4.69, 9.17) is 5.11 Å². The van der Waals surface area contributed by atoms with Gasteiger partial charge in [-0.15, -0.1) is 0 Å². The summed E-state index contributed by atoms with van der Waals surface area (Å²) >= 11 is 0. The molecular weight excluding hydrogens is 177 g/mol. The van der Waals surface area contributed by atoms with Gasteiger partial charge in [-0.2, -0.15) is 13.2 Å². The lowest BCUT2D eigenvalue weighted by atomic mass is 9.96. The van der Waals surface area contributed by atoms with E-state index in [1.807, 2.05) is 0 Å². The number of hydrogen-bond acceptors (Lipinski definition) is 3. The fourth-order valence-electron chi connectivity index (χ4n) is 0.591. The second-order valence-electron chi connectivity index (χ2n) is 2.27. The summed E-state index contributed by atoms with van der Waals surface area (Å²) < 4.78 is 35.7. The highest BCUT2D eigenvalue weighted by Gasteiger charge is 2.52. The summed E-state index contributed by atoms with van der Waals surface area (Å²) in [5.74, 6) is 0. The second-order valence-corrected chi connectivity index (χ2v) is 2.27. The minimum atomic E-state index is -4.95. The van der Waals surface area contributed by atoms with E-state index in [2.05, 4.69) is 0 Å². The molecule has 0 unspecified atom stereocenters. The predicted molar refractivity (Wildman–Crippen MR) is 32.4 cm³/mol. The molecule has 0 rings (SSSR count). The van der Waals surface area contributed by atoms with Crippen LogP contribution in [0.4, 0.5) is 13.2 Å². The van der Waals surface area contributed by atoms with Crippen LogP contribution in [0, 0.1) is 0 Å². The van der Waals surface area contributed by atoms with Gasteiger partial charge in [0.1, 0.15) is 12.6 Å². The van der Waals surface area contributed by atoms with Crippen LogP contribution in [0.15, 0.2) is 0 Å². The van der Waals surface area contributed by atoms with Crippen molar-refractivity contribution in [3.05, 3.63) is 0 Å². The summed E-state index contributed by atoms with van der Waals surface area (Å²) in [6.07, 6.45) is -7.33. The molecule has 12 heavy (non-hydrogen) atoms. The van der Waals surface area contributed by atoms with Crippen molar-refractivity contribution < 1.29 is 27.9 Å². The molecule has 0 aliphatic carbocycles. The molecule has 3 nitrogen and oxygen atoms in total. The van der Waals surface area contributed by atoms with E-state index >= 15 is 0 Å². The van der Waals surface area contributed by atoms with E-state index in [1.54, 1.807) is 0 Å². The normalized spacial score (nSPS) is 12.7. The molecule has 0 fully saturated rings. The minimum absolute atomic E-state index is 0.0724. The van der Waals surface area contributed by atoms with Crippen LogP contribution in [0.3, 0.4) is 0 Å². The lowest BCUT2D eigenvalue weighted by molar-refractivity contribution is -0.258. The van der Waals surface area contributed by atoms with Gasteiger partial charge in [0, 0.05) is 12.8 Å². The van der Waals surface area contributed by atoms with Crippen molar-refractivity contribution in [3.63, 3.8) is 0 Å². The highest BCUT2D eigenvalue weighted by molar-refractivity contribution is 5.57. The SMILES string of the molecule is O=CCC(O)(CC=O)C(F)(F)F. The van der Waals surface area contributed by atoms with Crippen LogP contribution in [-0.4, -0.2) is 29.5 Å². The Kier molecular flexibility index (Phi) is 3.38. The maximum Gasteiger partial charge on any atom is 0.418 e. The molecule has 0 saturated carbocycles. The maximum absolute atomic E-state index is 11.9. The van der Waals surface area contributed by atoms with Crippen LogP contribution in [0.25, 0.3) is 0 Å². The Morgan fingerprint density at radius 1 is 1.08 bits per heavy atom. The maximum atomic E-state index is 11.9. The van der Waals surface area contributed by atoms with E-state index in [9.17, 15) is 22.8 Å². The molecule has 0 spiro atoms. The Hall–Kier alpha value is -0.910. The first kappa shape index (κ1) is 11.1. The first-order valence-corrected chi connectivity index (χ1v) is 3.04. The van der Waals surface area contributed by atoms with Crippen molar-refractivity contribution in [2.75, 3.05) is 0 Å². The predicted octanol–water partition coefficient (Wildman–Crippen LogP) is 0.458. The van der Waals surface area contributed by atoms with Gasteiger partial charge >= 0.3 is 6.18 Å². The summed E-state index contributed by atoms with van der Waals surface area (Å²) in [6.45, 7) is 0. The summed E-state index contributed by atoms with van der Waals surface area (Å²) in [5.41, 5.74) is -3.20. The van der Waals surface area contributed by atoms with Gasteiger partial charge in [0.2, 0.25) is 0 Å². The first-order chi connectivity index (χ1) is 5.37. The first-order valence-electron chi connectivity index (χ1n) is 3.04. The number of aldehydes is 2. The van der Waals surface area contributed by atoms with Gasteiger partial charge in [0.05, 0.1) is 0 Å². The summed E-state index contributed by atoms with van der Waals surface area (Å²) in [6, 6.07) is 0. The molecule has 1 N–H and O–H groups in total. The van der Waals surface area contributed by atoms with Crippen molar-refractivity contribution in [1.82, 2.24) is 0 Å². The Morgan fingerprint density at radius 3 is 1.58 bits per heavy atom. The number of alkyl halides is 3. The zero-order valence-corrected chi connectivity index (χ0v) is 5.97.